The molecule has 0 bridgehead atoms. The zero-order valence-electron chi connectivity index (χ0n) is 27.3. The lowest BCUT2D eigenvalue weighted by Gasteiger charge is -2.28. The van der Waals surface area contributed by atoms with E-state index in [0.29, 0.717) is 44.1 Å². The number of aliphatic carboxylic acids is 1. The first-order valence-corrected chi connectivity index (χ1v) is 16.2. The summed E-state index contributed by atoms with van der Waals surface area (Å²) in [4.78, 5) is 46.6. The minimum Gasteiger partial charge on any atom is -0.481 e. The zero-order chi connectivity index (χ0) is 32.7. The highest BCUT2D eigenvalue weighted by Crippen LogP contribution is 2.38. The summed E-state index contributed by atoms with van der Waals surface area (Å²) < 4.78 is 4.28. The van der Waals surface area contributed by atoms with Crippen LogP contribution >= 0.6 is 0 Å². The number of carbonyl (C=O) groups is 3. The summed E-state index contributed by atoms with van der Waals surface area (Å²) in [5.74, 6) is -1.21. The standard InChI is InChI=1S/C36H42N6O4/c1-6-28-10-11-29(23(5)38-28)30-14-26(36(46)40-20-27-17-37-42(7-2)32(27)21-40)13-25-15-31(41(35(25)30)18-22(3)4)24-9-8-12-39(19-24)33(43)16-34(44)45/h9-11,13-15,17,22H,6-8,12,16,18-21H2,1-5H3,(H,44,45). The minimum absolute atomic E-state index is 0.0294. The minimum atomic E-state index is -1.12. The molecule has 1 aromatic carbocycles. The van der Waals surface area contributed by atoms with Crippen LogP contribution in [0.3, 0.4) is 0 Å². The summed E-state index contributed by atoms with van der Waals surface area (Å²) in [6.07, 6.45) is 4.98. The third-order valence-corrected chi connectivity index (χ3v) is 9.04. The van der Waals surface area contributed by atoms with Crippen molar-refractivity contribution in [1.29, 1.82) is 0 Å². The molecule has 0 unspecified atom stereocenters. The quantitative estimate of drug-likeness (QED) is 0.240. The molecule has 2 amide bonds. The van der Waals surface area contributed by atoms with Crippen LogP contribution < -0.4 is 0 Å². The van der Waals surface area contributed by atoms with Gasteiger partial charge in [-0.3, -0.25) is 24.0 Å². The Labute approximate surface area is 269 Å². The molecule has 4 aromatic rings. The number of fused-ring (bicyclic) bond motifs is 2. The molecule has 1 N–H and O–H groups in total. The lowest BCUT2D eigenvalue weighted by atomic mass is 9.97. The van der Waals surface area contributed by atoms with Crippen molar-refractivity contribution in [3.05, 3.63) is 76.5 Å². The monoisotopic (exact) mass is 622 g/mol. The van der Waals surface area contributed by atoms with Gasteiger partial charge in [-0.05, 0) is 62.4 Å². The van der Waals surface area contributed by atoms with Gasteiger partial charge < -0.3 is 19.5 Å². The number of nitrogens with zero attached hydrogens (tertiary/aromatic N) is 6. The van der Waals surface area contributed by atoms with Crippen molar-refractivity contribution in [2.24, 2.45) is 5.92 Å². The van der Waals surface area contributed by atoms with Crippen molar-refractivity contribution in [3.63, 3.8) is 0 Å². The summed E-state index contributed by atoms with van der Waals surface area (Å²) in [7, 11) is 0. The first-order valence-electron chi connectivity index (χ1n) is 16.2. The fourth-order valence-electron chi connectivity index (χ4n) is 6.85. The Balaban J connectivity index is 1.49. The summed E-state index contributed by atoms with van der Waals surface area (Å²) in [5.41, 5.74) is 9.63. The first-order chi connectivity index (χ1) is 22.1. The van der Waals surface area contributed by atoms with Gasteiger partial charge >= 0.3 is 5.97 Å². The van der Waals surface area contributed by atoms with E-state index in [2.05, 4.69) is 61.6 Å². The number of carboxylic acids is 1. The van der Waals surface area contributed by atoms with Crippen molar-refractivity contribution in [1.82, 2.24) is 29.1 Å². The van der Waals surface area contributed by atoms with Crippen molar-refractivity contribution in [2.45, 2.75) is 80.1 Å². The Morgan fingerprint density at radius 1 is 1.00 bits per heavy atom. The predicted octanol–water partition coefficient (Wildman–Crippen LogP) is 5.69. The van der Waals surface area contributed by atoms with Crippen molar-refractivity contribution in [2.75, 3.05) is 13.1 Å². The average Bonchev–Trinajstić information content (AvgIpc) is 3.73. The highest BCUT2D eigenvalue weighted by Gasteiger charge is 2.30. The van der Waals surface area contributed by atoms with E-state index < -0.39 is 12.4 Å². The number of aromatic nitrogens is 4. The number of carbonyl (C=O) groups excluding carboxylic acids is 2. The topological polar surface area (TPSA) is 114 Å². The fourth-order valence-corrected chi connectivity index (χ4v) is 6.85. The zero-order valence-corrected chi connectivity index (χ0v) is 27.3. The number of pyridine rings is 1. The van der Waals surface area contributed by atoms with E-state index in [1.807, 2.05) is 34.8 Å². The fraction of sp³-hybridized carbons (Fsp3) is 0.417. The number of benzene rings is 1. The van der Waals surface area contributed by atoms with Gasteiger partial charge in [-0.1, -0.05) is 32.9 Å². The van der Waals surface area contributed by atoms with Gasteiger partial charge in [-0.2, -0.15) is 5.10 Å². The molecule has 10 nitrogen and oxygen atoms in total. The van der Waals surface area contributed by atoms with Gasteiger partial charge in [0.05, 0.1) is 24.0 Å². The third-order valence-electron chi connectivity index (χ3n) is 9.04. The number of hydrogen-bond donors (Lipinski definition) is 1. The molecule has 2 aliphatic rings. The Morgan fingerprint density at radius 3 is 2.50 bits per heavy atom. The van der Waals surface area contributed by atoms with E-state index in [1.165, 1.54) is 0 Å². The second-order valence-corrected chi connectivity index (χ2v) is 12.8. The number of aryl methyl sites for hydroxylation is 3. The van der Waals surface area contributed by atoms with E-state index in [1.54, 1.807) is 4.90 Å². The second-order valence-electron chi connectivity index (χ2n) is 12.8. The molecule has 0 saturated heterocycles. The first kappa shape index (κ1) is 31.3. The molecular formula is C36H42N6O4. The Kier molecular flexibility index (Phi) is 8.55. The lowest BCUT2D eigenvalue weighted by molar-refractivity contribution is -0.144. The van der Waals surface area contributed by atoms with Gasteiger partial charge in [0.25, 0.3) is 5.91 Å². The summed E-state index contributed by atoms with van der Waals surface area (Å²) in [6, 6.07) is 10.3. The maximum Gasteiger partial charge on any atom is 0.312 e. The van der Waals surface area contributed by atoms with Crippen molar-refractivity contribution in [3.8, 4) is 11.1 Å². The van der Waals surface area contributed by atoms with Crippen LogP contribution in [0, 0.1) is 12.8 Å². The molecule has 0 aliphatic carbocycles. The van der Waals surface area contributed by atoms with E-state index in [4.69, 9.17) is 4.98 Å². The number of hydrogen-bond acceptors (Lipinski definition) is 5. The van der Waals surface area contributed by atoms with E-state index >= 15 is 0 Å². The maximum atomic E-state index is 14.2. The number of rotatable bonds is 9. The molecule has 5 heterocycles. The van der Waals surface area contributed by atoms with E-state index in [9.17, 15) is 19.5 Å². The van der Waals surface area contributed by atoms with Crippen molar-refractivity contribution < 1.29 is 19.5 Å². The Morgan fingerprint density at radius 2 is 1.80 bits per heavy atom. The molecule has 0 radical (unpaired) electrons. The maximum absolute atomic E-state index is 14.2. The molecule has 46 heavy (non-hydrogen) atoms. The van der Waals surface area contributed by atoms with Gasteiger partial charge in [0, 0.05) is 77.4 Å². The normalized spacial score (nSPS) is 14.7. The largest absolute Gasteiger partial charge is 0.481 e. The highest BCUT2D eigenvalue weighted by molar-refractivity contribution is 6.05. The average molecular weight is 623 g/mol. The van der Waals surface area contributed by atoms with Gasteiger partial charge in [0.15, 0.2) is 0 Å². The number of amides is 2. The van der Waals surface area contributed by atoms with Crippen LogP contribution in [0.4, 0.5) is 0 Å². The molecule has 0 saturated carbocycles. The highest BCUT2D eigenvalue weighted by atomic mass is 16.4. The smallest absolute Gasteiger partial charge is 0.312 e. The van der Waals surface area contributed by atoms with Crippen LogP contribution in [0.5, 0.6) is 0 Å². The van der Waals surface area contributed by atoms with Gasteiger partial charge in [0.2, 0.25) is 5.91 Å². The molecule has 3 aromatic heterocycles. The number of carboxylic acid groups (broad SMARTS) is 1. The van der Waals surface area contributed by atoms with Crippen LogP contribution in [0.1, 0.15) is 79.2 Å². The van der Waals surface area contributed by atoms with Crippen LogP contribution in [0.15, 0.2) is 42.6 Å². The summed E-state index contributed by atoms with van der Waals surface area (Å²) >= 11 is 0. The van der Waals surface area contributed by atoms with E-state index in [0.717, 1.165) is 75.5 Å². The lowest BCUT2D eigenvalue weighted by Crippen LogP contribution is -2.36. The Bertz CT molecular complexity index is 1880. The SMILES string of the molecule is CCc1ccc(-c2cc(C(=O)N3Cc4cnn(CC)c4C3)cc3cc(C4=CCCN(C(=O)CC(=O)O)C4)n(CC(C)C)c23)c(C)n1. The second kappa shape index (κ2) is 12.6. The molecule has 6 rings (SSSR count). The van der Waals surface area contributed by atoms with Crippen LogP contribution in [-0.2, 0) is 42.2 Å². The summed E-state index contributed by atoms with van der Waals surface area (Å²) in [6.45, 7) is 13.9. The molecule has 2 aliphatic heterocycles. The predicted molar refractivity (Wildman–Crippen MR) is 177 cm³/mol. The molecule has 0 fully saturated rings. The van der Waals surface area contributed by atoms with Gasteiger partial charge in [-0.15, -0.1) is 0 Å². The van der Waals surface area contributed by atoms with E-state index in [-0.39, 0.29) is 11.8 Å². The third kappa shape index (κ3) is 5.84. The molecule has 0 atom stereocenters. The molecule has 10 heteroatoms. The van der Waals surface area contributed by atoms with Crippen LogP contribution in [0.2, 0.25) is 0 Å². The molecule has 240 valence electrons. The molecule has 0 spiro atoms. The van der Waals surface area contributed by atoms with Crippen molar-refractivity contribution >= 4 is 34.3 Å². The van der Waals surface area contributed by atoms with Gasteiger partial charge in [0.1, 0.15) is 6.42 Å². The van der Waals surface area contributed by atoms with Gasteiger partial charge in [-0.25, -0.2) is 0 Å². The summed E-state index contributed by atoms with van der Waals surface area (Å²) in [5, 5.41) is 14.6. The van der Waals surface area contributed by atoms with Crippen LogP contribution in [-0.4, -0.2) is 65.1 Å². The molecular weight excluding hydrogens is 580 g/mol. The van der Waals surface area contributed by atoms with Crippen LogP contribution in [0.25, 0.3) is 27.6 Å². The Hall–Kier alpha value is -4.73.